The maximum Gasteiger partial charge on any atom is 0.265 e. The van der Waals surface area contributed by atoms with E-state index in [9.17, 15) is 4.79 Å². The second-order valence-electron chi connectivity index (χ2n) is 4.28. The summed E-state index contributed by atoms with van der Waals surface area (Å²) in [7, 11) is 0. The summed E-state index contributed by atoms with van der Waals surface area (Å²) in [6.45, 7) is 6.22. The second-order valence-corrected chi connectivity index (χ2v) is 6.74. The highest BCUT2D eigenvalue weighted by Crippen LogP contribution is 2.23. The number of nitrogens with zero attached hydrogens (tertiary/aromatic N) is 1. The highest BCUT2D eigenvalue weighted by molar-refractivity contribution is 9.11. The van der Waals surface area contributed by atoms with Crippen molar-refractivity contribution in [2.45, 2.75) is 13.8 Å². The van der Waals surface area contributed by atoms with Crippen molar-refractivity contribution in [1.29, 1.82) is 0 Å². The van der Waals surface area contributed by atoms with Gasteiger partial charge in [0.05, 0.1) is 8.66 Å². The highest BCUT2D eigenvalue weighted by atomic mass is 79.9. The van der Waals surface area contributed by atoms with Crippen LogP contribution in [0.1, 0.15) is 23.5 Å². The third kappa shape index (κ3) is 3.61. The van der Waals surface area contributed by atoms with Gasteiger partial charge in [-0.05, 0) is 66.2 Å². The summed E-state index contributed by atoms with van der Waals surface area (Å²) in [5.74, 6) is -0.0729. The van der Waals surface area contributed by atoms with Gasteiger partial charge in [0.25, 0.3) is 5.91 Å². The predicted octanol–water partition coefficient (Wildman–Crippen LogP) is 4.61. The SMILES string of the molecule is CCN(CC)c1ccc(NC(=O)c2ccc(Br)s2)cc1. The van der Waals surface area contributed by atoms with Crippen LogP contribution in [-0.2, 0) is 0 Å². The molecule has 0 radical (unpaired) electrons. The molecule has 0 atom stereocenters. The Balaban J connectivity index is 2.05. The summed E-state index contributed by atoms with van der Waals surface area (Å²) in [4.78, 5) is 15.0. The molecule has 0 fully saturated rings. The number of carbonyl (C=O) groups is 1. The van der Waals surface area contributed by atoms with Crippen molar-refractivity contribution in [2.75, 3.05) is 23.3 Å². The minimum Gasteiger partial charge on any atom is -0.372 e. The normalized spacial score (nSPS) is 10.3. The first-order valence-electron chi connectivity index (χ1n) is 6.55. The standard InChI is InChI=1S/C15H17BrN2OS/c1-3-18(4-2)12-7-5-11(6-8-12)17-15(19)13-9-10-14(16)20-13/h5-10H,3-4H2,1-2H3,(H,17,19). The number of thiophene rings is 1. The van der Waals surface area contributed by atoms with E-state index in [0.29, 0.717) is 4.88 Å². The van der Waals surface area contributed by atoms with Crippen LogP contribution < -0.4 is 10.2 Å². The largest absolute Gasteiger partial charge is 0.372 e. The predicted molar refractivity (Wildman–Crippen MR) is 90.0 cm³/mol. The van der Waals surface area contributed by atoms with Crippen LogP contribution in [0.5, 0.6) is 0 Å². The topological polar surface area (TPSA) is 32.3 Å². The van der Waals surface area contributed by atoms with Crippen molar-refractivity contribution in [3.63, 3.8) is 0 Å². The van der Waals surface area contributed by atoms with E-state index < -0.39 is 0 Å². The number of carbonyl (C=O) groups excluding carboxylic acids is 1. The smallest absolute Gasteiger partial charge is 0.265 e. The molecule has 0 bridgehead atoms. The monoisotopic (exact) mass is 352 g/mol. The molecule has 3 nitrogen and oxygen atoms in total. The van der Waals surface area contributed by atoms with Gasteiger partial charge in [-0.3, -0.25) is 4.79 Å². The minimum absolute atomic E-state index is 0.0729. The van der Waals surface area contributed by atoms with Crippen molar-refractivity contribution >= 4 is 44.5 Å². The van der Waals surface area contributed by atoms with Gasteiger partial charge in [-0.1, -0.05) is 0 Å². The molecule has 1 heterocycles. The molecule has 1 amide bonds. The third-order valence-corrected chi connectivity index (χ3v) is 4.67. The molecule has 1 N–H and O–H groups in total. The first-order valence-corrected chi connectivity index (χ1v) is 8.16. The van der Waals surface area contributed by atoms with Crippen LogP contribution in [0.4, 0.5) is 11.4 Å². The minimum atomic E-state index is -0.0729. The van der Waals surface area contributed by atoms with Crippen LogP contribution in [0.3, 0.4) is 0 Å². The molecule has 2 rings (SSSR count). The lowest BCUT2D eigenvalue weighted by molar-refractivity contribution is 0.103. The van der Waals surface area contributed by atoms with Crippen LogP contribution >= 0.6 is 27.3 Å². The highest BCUT2D eigenvalue weighted by Gasteiger charge is 2.09. The summed E-state index contributed by atoms with van der Waals surface area (Å²) in [6.07, 6.45) is 0. The lowest BCUT2D eigenvalue weighted by atomic mass is 10.2. The molecule has 20 heavy (non-hydrogen) atoms. The Hall–Kier alpha value is -1.33. The van der Waals surface area contributed by atoms with Crippen molar-refractivity contribution in [1.82, 2.24) is 0 Å². The van der Waals surface area contributed by atoms with Crippen LogP contribution in [-0.4, -0.2) is 19.0 Å². The number of rotatable bonds is 5. The van der Waals surface area contributed by atoms with E-state index in [1.807, 2.05) is 36.4 Å². The van der Waals surface area contributed by atoms with E-state index >= 15 is 0 Å². The van der Waals surface area contributed by atoms with Crippen molar-refractivity contribution in [3.05, 3.63) is 45.1 Å². The molecule has 106 valence electrons. The second kappa shape index (κ2) is 6.90. The van der Waals surface area contributed by atoms with Gasteiger partial charge < -0.3 is 10.2 Å². The fraction of sp³-hybridized carbons (Fsp3) is 0.267. The zero-order chi connectivity index (χ0) is 14.5. The number of benzene rings is 1. The molecule has 2 aromatic rings. The Bertz CT molecular complexity index is 576. The molecule has 5 heteroatoms. The van der Waals surface area contributed by atoms with Crippen molar-refractivity contribution in [2.24, 2.45) is 0 Å². The Morgan fingerprint density at radius 3 is 2.30 bits per heavy atom. The van der Waals surface area contributed by atoms with Crippen molar-refractivity contribution in [3.8, 4) is 0 Å². The van der Waals surface area contributed by atoms with Crippen LogP contribution in [0.25, 0.3) is 0 Å². The summed E-state index contributed by atoms with van der Waals surface area (Å²) < 4.78 is 0.958. The quantitative estimate of drug-likeness (QED) is 0.851. The summed E-state index contributed by atoms with van der Waals surface area (Å²) in [5, 5.41) is 2.91. The summed E-state index contributed by atoms with van der Waals surface area (Å²) >= 11 is 4.79. The number of hydrogen-bond donors (Lipinski definition) is 1. The average molecular weight is 353 g/mol. The summed E-state index contributed by atoms with van der Waals surface area (Å²) in [6, 6.07) is 11.6. The number of amides is 1. The average Bonchev–Trinajstić information content (AvgIpc) is 2.89. The molecular weight excluding hydrogens is 336 g/mol. The van der Waals surface area contributed by atoms with Crippen LogP contribution in [0.15, 0.2) is 40.2 Å². The van der Waals surface area contributed by atoms with Gasteiger partial charge in [-0.25, -0.2) is 0 Å². The van der Waals surface area contributed by atoms with E-state index in [1.54, 1.807) is 0 Å². The number of hydrogen-bond acceptors (Lipinski definition) is 3. The molecule has 1 aromatic carbocycles. The van der Waals surface area contributed by atoms with Gasteiger partial charge in [0, 0.05) is 24.5 Å². The lowest BCUT2D eigenvalue weighted by Gasteiger charge is -2.21. The first kappa shape index (κ1) is 15.1. The zero-order valence-electron chi connectivity index (χ0n) is 11.5. The molecule has 0 aliphatic carbocycles. The fourth-order valence-electron chi connectivity index (χ4n) is 1.97. The molecule has 0 saturated heterocycles. The fourth-order valence-corrected chi connectivity index (χ4v) is 3.25. The maximum absolute atomic E-state index is 12.0. The lowest BCUT2D eigenvalue weighted by Crippen LogP contribution is -2.21. The molecule has 0 aliphatic heterocycles. The zero-order valence-corrected chi connectivity index (χ0v) is 13.9. The van der Waals surface area contributed by atoms with Gasteiger partial charge in [0.15, 0.2) is 0 Å². The Labute approximate surface area is 131 Å². The van der Waals surface area contributed by atoms with Gasteiger partial charge in [-0.15, -0.1) is 11.3 Å². The number of nitrogens with one attached hydrogen (secondary N) is 1. The third-order valence-electron chi connectivity index (χ3n) is 3.05. The van der Waals surface area contributed by atoms with Gasteiger partial charge in [0.2, 0.25) is 0 Å². The van der Waals surface area contributed by atoms with E-state index in [2.05, 4.69) is 40.0 Å². The van der Waals surface area contributed by atoms with E-state index in [1.165, 1.54) is 17.0 Å². The van der Waals surface area contributed by atoms with Crippen molar-refractivity contribution < 1.29 is 4.79 Å². The number of halogens is 1. The van der Waals surface area contributed by atoms with Gasteiger partial charge in [-0.2, -0.15) is 0 Å². The molecular formula is C15H17BrN2OS. The molecule has 0 unspecified atom stereocenters. The van der Waals surface area contributed by atoms with E-state index in [-0.39, 0.29) is 5.91 Å². The number of anilines is 2. The van der Waals surface area contributed by atoms with E-state index in [4.69, 9.17) is 0 Å². The molecule has 1 aromatic heterocycles. The van der Waals surface area contributed by atoms with E-state index in [0.717, 1.165) is 22.6 Å². The Kier molecular flexibility index (Phi) is 5.20. The van der Waals surface area contributed by atoms with Gasteiger partial charge in [0.1, 0.15) is 0 Å². The Morgan fingerprint density at radius 1 is 1.15 bits per heavy atom. The first-order chi connectivity index (χ1) is 9.63. The molecule has 0 saturated carbocycles. The summed E-state index contributed by atoms with van der Waals surface area (Å²) in [5.41, 5.74) is 1.99. The molecule has 0 aliphatic rings. The van der Waals surface area contributed by atoms with Crippen LogP contribution in [0.2, 0.25) is 0 Å². The molecule has 0 spiro atoms. The van der Waals surface area contributed by atoms with Gasteiger partial charge >= 0.3 is 0 Å². The van der Waals surface area contributed by atoms with Crippen LogP contribution in [0, 0.1) is 0 Å². The Morgan fingerprint density at radius 2 is 1.80 bits per heavy atom. The maximum atomic E-state index is 12.0.